The van der Waals surface area contributed by atoms with E-state index in [1.54, 1.807) is 12.1 Å². The van der Waals surface area contributed by atoms with Gasteiger partial charge in [0, 0.05) is 44.8 Å². The van der Waals surface area contributed by atoms with Crippen LogP contribution in [0.2, 0.25) is 0 Å². The van der Waals surface area contributed by atoms with Gasteiger partial charge in [-0.3, -0.25) is 4.79 Å². The highest BCUT2D eigenvalue weighted by molar-refractivity contribution is 7.91. The van der Waals surface area contributed by atoms with Crippen LogP contribution in [0, 0.1) is 0 Å². The number of amides is 1. The van der Waals surface area contributed by atoms with E-state index >= 15 is 0 Å². The summed E-state index contributed by atoms with van der Waals surface area (Å²) in [5.74, 6) is 0.785. The van der Waals surface area contributed by atoms with Gasteiger partial charge in [0.25, 0.3) is 5.91 Å². The number of carbonyl (C=O) groups excluding carboxylic acids is 1. The van der Waals surface area contributed by atoms with Crippen LogP contribution in [0.1, 0.15) is 16.8 Å². The van der Waals surface area contributed by atoms with E-state index in [9.17, 15) is 13.2 Å². The molecule has 144 valence electrons. The quantitative estimate of drug-likeness (QED) is 0.844. The van der Waals surface area contributed by atoms with Crippen molar-refractivity contribution in [2.24, 2.45) is 0 Å². The topological polar surface area (TPSA) is 82.6 Å². The van der Waals surface area contributed by atoms with Gasteiger partial charge in [-0.25, -0.2) is 13.4 Å². The van der Waals surface area contributed by atoms with E-state index in [0.717, 1.165) is 5.69 Å². The van der Waals surface area contributed by atoms with Crippen LogP contribution in [0.15, 0.2) is 42.6 Å². The number of nitrogens with zero attached hydrogens (tertiary/aromatic N) is 3. The molecule has 0 radical (unpaired) electrons. The molecule has 1 fully saturated rings. The zero-order chi connectivity index (χ0) is 19.6. The molecule has 0 bridgehead atoms. The van der Waals surface area contributed by atoms with Crippen molar-refractivity contribution in [3.8, 4) is 0 Å². The van der Waals surface area contributed by atoms with Gasteiger partial charge in [-0.05, 0) is 42.8 Å². The minimum Gasteiger partial charge on any atom is -0.378 e. The van der Waals surface area contributed by atoms with E-state index in [-0.39, 0.29) is 23.5 Å². The molecule has 0 aliphatic carbocycles. The maximum absolute atomic E-state index is 12.4. The van der Waals surface area contributed by atoms with Gasteiger partial charge >= 0.3 is 0 Å². The monoisotopic (exact) mass is 388 g/mol. The Bertz CT molecular complexity index is 909. The van der Waals surface area contributed by atoms with Crippen molar-refractivity contribution < 1.29 is 13.2 Å². The van der Waals surface area contributed by atoms with Gasteiger partial charge in [-0.2, -0.15) is 0 Å². The fraction of sp³-hybridized carbons (Fsp3) is 0.368. The molecule has 1 amide bonds. The second-order valence-corrected chi connectivity index (χ2v) is 9.20. The highest BCUT2D eigenvalue weighted by atomic mass is 32.2. The predicted octanol–water partition coefficient (Wildman–Crippen LogP) is 2.02. The van der Waals surface area contributed by atoms with Gasteiger partial charge in [0.15, 0.2) is 9.84 Å². The molecular weight excluding hydrogens is 364 g/mol. The number of pyridine rings is 1. The summed E-state index contributed by atoms with van der Waals surface area (Å²) < 4.78 is 23.3. The van der Waals surface area contributed by atoms with Crippen molar-refractivity contribution in [3.05, 3.63) is 48.2 Å². The lowest BCUT2D eigenvalue weighted by Crippen LogP contribution is -2.33. The third-order valence-corrected chi connectivity index (χ3v) is 6.52. The summed E-state index contributed by atoms with van der Waals surface area (Å²) >= 11 is 0. The van der Waals surface area contributed by atoms with Gasteiger partial charge in [0.05, 0.1) is 17.1 Å². The Morgan fingerprint density at radius 3 is 2.33 bits per heavy atom. The summed E-state index contributed by atoms with van der Waals surface area (Å²) in [5, 5.41) is 2.85. The minimum atomic E-state index is -2.95. The first-order chi connectivity index (χ1) is 12.7. The fourth-order valence-corrected chi connectivity index (χ4v) is 4.82. The summed E-state index contributed by atoms with van der Waals surface area (Å²) in [6.07, 6.45) is 2.12. The van der Waals surface area contributed by atoms with Crippen LogP contribution in [-0.4, -0.2) is 58.0 Å². The predicted molar refractivity (Wildman–Crippen MR) is 108 cm³/mol. The van der Waals surface area contributed by atoms with Crippen LogP contribution in [0.4, 0.5) is 17.2 Å². The normalized spacial score (nSPS) is 18.1. The van der Waals surface area contributed by atoms with Crippen molar-refractivity contribution >= 4 is 32.9 Å². The summed E-state index contributed by atoms with van der Waals surface area (Å²) in [7, 11) is 2.80. The number of carbonyl (C=O) groups is 1. The summed E-state index contributed by atoms with van der Waals surface area (Å²) in [6.45, 7) is 0. The van der Waals surface area contributed by atoms with Crippen molar-refractivity contribution in [1.29, 1.82) is 0 Å². The second-order valence-electron chi connectivity index (χ2n) is 6.97. The Labute approximate surface area is 159 Å². The summed E-state index contributed by atoms with van der Waals surface area (Å²) in [5.41, 5.74) is 2.21. The molecule has 0 saturated carbocycles. The first-order valence-electron chi connectivity index (χ1n) is 8.73. The standard InChI is InChI=1S/C19H24N4O3S/c1-22(2)16-7-5-15(6-8-16)21-19(24)14-4-9-18(20-12-14)23(3)17-10-11-27(25,26)13-17/h4-9,12,17H,10-11,13H2,1-3H3,(H,21,24). The molecule has 2 aromatic rings. The maximum atomic E-state index is 12.4. The Kier molecular flexibility index (Phi) is 5.36. The molecule has 1 atom stereocenters. The lowest BCUT2D eigenvalue weighted by Gasteiger charge is -2.24. The number of sulfone groups is 1. The van der Waals surface area contributed by atoms with Crippen LogP contribution in [0.25, 0.3) is 0 Å². The number of nitrogens with one attached hydrogen (secondary N) is 1. The number of hydrogen-bond acceptors (Lipinski definition) is 6. The maximum Gasteiger partial charge on any atom is 0.257 e. The van der Waals surface area contributed by atoms with Crippen LogP contribution in [-0.2, 0) is 9.84 Å². The largest absolute Gasteiger partial charge is 0.378 e. The van der Waals surface area contributed by atoms with Crippen LogP contribution in [0.3, 0.4) is 0 Å². The smallest absolute Gasteiger partial charge is 0.257 e. The molecule has 1 aliphatic heterocycles. The molecule has 1 aliphatic rings. The third-order valence-electron chi connectivity index (χ3n) is 4.77. The molecule has 8 heteroatoms. The summed E-state index contributed by atoms with van der Waals surface area (Å²) in [6, 6.07) is 10.9. The Hall–Kier alpha value is -2.61. The van der Waals surface area contributed by atoms with Gasteiger partial charge in [0.2, 0.25) is 0 Å². The first kappa shape index (κ1) is 19.2. The first-order valence-corrected chi connectivity index (χ1v) is 10.6. The lowest BCUT2D eigenvalue weighted by molar-refractivity contribution is 0.102. The van der Waals surface area contributed by atoms with Gasteiger partial charge in [0.1, 0.15) is 5.82 Å². The Morgan fingerprint density at radius 2 is 1.81 bits per heavy atom. The highest BCUT2D eigenvalue weighted by Gasteiger charge is 2.31. The molecule has 1 saturated heterocycles. The lowest BCUT2D eigenvalue weighted by atomic mass is 10.2. The fourth-order valence-electron chi connectivity index (χ4n) is 3.04. The summed E-state index contributed by atoms with van der Waals surface area (Å²) in [4.78, 5) is 20.6. The molecule has 1 aromatic heterocycles. The number of aromatic nitrogens is 1. The van der Waals surface area contributed by atoms with E-state index < -0.39 is 9.84 Å². The van der Waals surface area contributed by atoms with E-state index in [2.05, 4.69) is 10.3 Å². The van der Waals surface area contributed by atoms with E-state index in [1.165, 1.54) is 6.20 Å². The molecule has 1 unspecified atom stereocenters. The molecule has 7 nitrogen and oxygen atoms in total. The average molecular weight is 388 g/mol. The second kappa shape index (κ2) is 7.56. The number of anilines is 3. The van der Waals surface area contributed by atoms with Crippen molar-refractivity contribution in [2.45, 2.75) is 12.5 Å². The van der Waals surface area contributed by atoms with Gasteiger partial charge in [-0.1, -0.05) is 0 Å². The highest BCUT2D eigenvalue weighted by Crippen LogP contribution is 2.22. The van der Waals surface area contributed by atoms with E-state index in [0.29, 0.717) is 23.5 Å². The molecule has 1 N–H and O–H groups in total. The third kappa shape index (κ3) is 4.57. The van der Waals surface area contributed by atoms with Gasteiger partial charge in [-0.15, -0.1) is 0 Å². The molecule has 3 rings (SSSR count). The van der Waals surface area contributed by atoms with E-state index in [1.807, 2.05) is 55.2 Å². The van der Waals surface area contributed by atoms with Gasteiger partial charge < -0.3 is 15.1 Å². The van der Waals surface area contributed by atoms with Crippen LogP contribution < -0.4 is 15.1 Å². The van der Waals surface area contributed by atoms with E-state index in [4.69, 9.17) is 0 Å². The van der Waals surface area contributed by atoms with Crippen molar-refractivity contribution in [2.75, 3.05) is 47.8 Å². The number of rotatable bonds is 5. The SMILES string of the molecule is CN(C)c1ccc(NC(=O)c2ccc(N(C)C3CCS(=O)(=O)C3)nc2)cc1. The number of benzene rings is 1. The molecule has 2 heterocycles. The molecule has 1 aromatic carbocycles. The molecular formula is C19H24N4O3S. The van der Waals surface area contributed by atoms with Crippen molar-refractivity contribution in [3.63, 3.8) is 0 Å². The molecule has 27 heavy (non-hydrogen) atoms. The Balaban J connectivity index is 1.65. The number of hydrogen-bond donors (Lipinski definition) is 1. The minimum absolute atomic E-state index is 0.0719. The zero-order valence-corrected chi connectivity index (χ0v) is 16.5. The average Bonchev–Trinajstić information content (AvgIpc) is 3.01. The van der Waals surface area contributed by atoms with Crippen molar-refractivity contribution in [1.82, 2.24) is 4.98 Å². The zero-order valence-electron chi connectivity index (χ0n) is 15.7. The molecule has 0 spiro atoms. The van der Waals surface area contributed by atoms with Crippen LogP contribution in [0.5, 0.6) is 0 Å². The van der Waals surface area contributed by atoms with Crippen LogP contribution >= 0.6 is 0 Å². The Morgan fingerprint density at radius 1 is 1.11 bits per heavy atom.